The molecule has 2 rings (SSSR count). The quantitative estimate of drug-likeness (QED) is 0.536. The highest BCUT2D eigenvalue weighted by Gasteiger charge is 2.20. The van der Waals surface area contributed by atoms with Crippen LogP contribution in [0.2, 0.25) is 0 Å². The fourth-order valence-corrected chi connectivity index (χ4v) is 2.03. The predicted octanol–water partition coefficient (Wildman–Crippen LogP) is 3.20. The van der Waals surface area contributed by atoms with Crippen molar-refractivity contribution >= 4 is 17.3 Å². The van der Waals surface area contributed by atoms with Gasteiger partial charge in [-0.15, -0.1) is 0 Å². The van der Waals surface area contributed by atoms with Gasteiger partial charge in [0.05, 0.1) is 23.5 Å². The van der Waals surface area contributed by atoms with Gasteiger partial charge < -0.3 is 15.5 Å². The molecule has 0 heterocycles. The number of nitrogens with one attached hydrogen (secondary N) is 2. The number of halogens is 3. The number of carbonyl (C=O) groups excluding carboxylic acids is 1. The predicted molar refractivity (Wildman–Crippen MR) is 98.6 cm³/mol. The van der Waals surface area contributed by atoms with E-state index in [1.165, 1.54) is 12.1 Å². The lowest BCUT2D eigenvalue weighted by atomic mass is 10.1. The molecule has 0 unspecified atom stereocenters. The first-order valence-corrected chi connectivity index (χ1v) is 8.55. The van der Waals surface area contributed by atoms with Crippen LogP contribution in [0.25, 0.3) is 0 Å². The molecule has 2 aromatic carbocycles. The Morgan fingerprint density at radius 3 is 2.43 bits per heavy atom. The number of hydroxylamine groups is 1. The molecular formula is C19H23F3N2O4. The van der Waals surface area contributed by atoms with Crippen LogP contribution in [0, 0.1) is 24.4 Å². The third-order valence-electron chi connectivity index (χ3n) is 3.38. The van der Waals surface area contributed by atoms with Crippen LogP contribution in [-0.4, -0.2) is 35.4 Å². The van der Waals surface area contributed by atoms with Gasteiger partial charge in [0.25, 0.3) is 5.91 Å². The minimum atomic E-state index is -1.37. The average Bonchev–Trinajstić information content (AvgIpc) is 2.68. The second kappa shape index (κ2) is 11.3. The molecule has 0 saturated heterocycles. The van der Waals surface area contributed by atoms with Gasteiger partial charge in [-0.2, -0.15) is 0 Å². The van der Waals surface area contributed by atoms with E-state index in [1.807, 2.05) is 19.3 Å². The highest BCUT2D eigenvalue weighted by molar-refractivity contribution is 5.99. The lowest BCUT2D eigenvalue weighted by molar-refractivity contribution is -0.0295. The minimum absolute atomic E-state index is 0.147. The van der Waals surface area contributed by atoms with E-state index in [2.05, 4.69) is 10.2 Å². The summed E-state index contributed by atoms with van der Waals surface area (Å²) in [6.07, 6.45) is -1.22. The Bertz CT molecular complexity index is 803. The number of amides is 1. The first-order chi connectivity index (χ1) is 13.3. The van der Waals surface area contributed by atoms with E-state index in [0.29, 0.717) is 5.56 Å². The van der Waals surface area contributed by atoms with E-state index in [9.17, 15) is 18.0 Å². The Kier molecular flexibility index (Phi) is 9.43. The standard InChI is InChI=1S/C17H17F3N2O4.C2H6/c1-9-2-5-14(13(19)6-9)21-16-11(3-4-12(18)15(16)20)17(25)22-26-8-10(24)7-23;1-2/h2-6,10,21,23-24H,7-8H2,1H3,(H,22,25);1-2H3/t10-;/m1./s1. The molecule has 2 aromatic rings. The second-order valence-electron chi connectivity index (χ2n) is 5.47. The Balaban J connectivity index is 0.00000190. The topological polar surface area (TPSA) is 90.8 Å². The van der Waals surface area contributed by atoms with Crippen molar-refractivity contribution in [3.8, 4) is 0 Å². The third-order valence-corrected chi connectivity index (χ3v) is 3.38. The van der Waals surface area contributed by atoms with E-state index < -0.39 is 48.4 Å². The van der Waals surface area contributed by atoms with Gasteiger partial charge in [-0.25, -0.2) is 18.7 Å². The van der Waals surface area contributed by atoms with Crippen LogP contribution < -0.4 is 10.8 Å². The number of carbonyl (C=O) groups is 1. The molecule has 0 aliphatic carbocycles. The van der Waals surface area contributed by atoms with Gasteiger partial charge in [0.2, 0.25) is 0 Å². The van der Waals surface area contributed by atoms with Crippen molar-refractivity contribution in [3.63, 3.8) is 0 Å². The van der Waals surface area contributed by atoms with Gasteiger partial charge >= 0.3 is 0 Å². The molecule has 0 aliphatic heterocycles. The monoisotopic (exact) mass is 400 g/mol. The molecule has 4 N–H and O–H groups in total. The summed E-state index contributed by atoms with van der Waals surface area (Å²) in [6.45, 7) is 4.66. The minimum Gasteiger partial charge on any atom is -0.394 e. The number of aryl methyl sites for hydroxylation is 1. The van der Waals surface area contributed by atoms with E-state index in [-0.39, 0.29) is 11.3 Å². The van der Waals surface area contributed by atoms with E-state index in [0.717, 1.165) is 12.1 Å². The number of anilines is 2. The highest BCUT2D eigenvalue weighted by Crippen LogP contribution is 2.28. The number of benzene rings is 2. The fraction of sp³-hybridized carbons (Fsp3) is 0.316. The van der Waals surface area contributed by atoms with Gasteiger partial charge in [0, 0.05) is 0 Å². The number of hydrogen-bond acceptors (Lipinski definition) is 5. The van der Waals surface area contributed by atoms with Crippen LogP contribution in [-0.2, 0) is 4.84 Å². The van der Waals surface area contributed by atoms with Crippen LogP contribution in [0.3, 0.4) is 0 Å². The third kappa shape index (κ3) is 6.22. The number of rotatable bonds is 7. The largest absolute Gasteiger partial charge is 0.394 e. The molecule has 9 heteroatoms. The smallest absolute Gasteiger partial charge is 0.277 e. The van der Waals surface area contributed by atoms with E-state index in [4.69, 9.17) is 10.2 Å². The summed E-state index contributed by atoms with van der Waals surface area (Å²) in [6, 6.07) is 5.81. The molecule has 0 saturated carbocycles. The highest BCUT2D eigenvalue weighted by atomic mass is 19.2. The summed E-state index contributed by atoms with van der Waals surface area (Å²) in [4.78, 5) is 16.8. The van der Waals surface area contributed by atoms with Crippen molar-refractivity contribution in [1.29, 1.82) is 0 Å². The van der Waals surface area contributed by atoms with Gasteiger partial charge in [-0.1, -0.05) is 19.9 Å². The molecule has 28 heavy (non-hydrogen) atoms. The van der Waals surface area contributed by atoms with Crippen molar-refractivity contribution in [2.24, 2.45) is 0 Å². The average molecular weight is 400 g/mol. The molecule has 0 fully saturated rings. The molecule has 154 valence electrons. The summed E-state index contributed by atoms with van der Waals surface area (Å²) >= 11 is 0. The molecule has 1 amide bonds. The van der Waals surface area contributed by atoms with E-state index in [1.54, 1.807) is 13.0 Å². The second-order valence-corrected chi connectivity index (χ2v) is 5.47. The van der Waals surface area contributed by atoms with Gasteiger partial charge in [-0.3, -0.25) is 9.63 Å². The summed E-state index contributed by atoms with van der Waals surface area (Å²) in [5.74, 6) is -4.26. The summed E-state index contributed by atoms with van der Waals surface area (Å²) in [7, 11) is 0. The van der Waals surface area contributed by atoms with Crippen LogP contribution >= 0.6 is 0 Å². The zero-order valence-electron chi connectivity index (χ0n) is 15.7. The van der Waals surface area contributed by atoms with Crippen LogP contribution in [0.15, 0.2) is 30.3 Å². The SMILES string of the molecule is CC.Cc1ccc(Nc2c(C(=O)NOC[C@H](O)CO)ccc(F)c2F)c(F)c1. The summed E-state index contributed by atoms with van der Waals surface area (Å²) in [5, 5.41) is 20.2. The molecule has 0 aliphatic rings. The van der Waals surface area contributed by atoms with Crippen LogP contribution in [0.5, 0.6) is 0 Å². The van der Waals surface area contributed by atoms with Crippen molar-refractivity contribution < 1.29 is 33.0 Å². The molecule has 1 atom stereocenters. The first kappa shape index (κ1) is 23.4. The lowest BCUT2D eigenvalue weighted by Gasteiger charge is -2.15. The maximum Gasteiger partial charge on any atom is 0.277 e. The molecule has 0 bridgehead atoms. The maximum atomic E-state index is 14.2. The summed E-state index contributed by atoms with van der Waals surface area (Å²) < 4.78 is 41.7. The molecule has 0 aromatic heterocycles. The van der Waals surface area contributed by atoms with E-state index >= 15 is 0 Å². The molecule has 0 radical (unpaired) electrons. The first-order valence-electron chi connectivity index (χ1n) is 8.55. The Morgan fingerprint density at radius 1 is 1.14 bits per heavy atom. The van der Waals surface area contributed by atoms with Crippen molar-refractivity contribution in [2.45, 2.75) is 26.9 Å². The summed E-state index contributed by atoms with van der Waals surface area (Å²) in [5.41, 5.74) is 1.49. The maximum absolute atomic E-state index is 14.2. The number of aliphatic hydroxyl groups is 2. The zero-order valence-corrected chi connectivity index (χ0v) is 15.7. The van der Waals surface area contributed by atoms with Crippen molar-refractivity contribution in [3.05, 3.63) is 58.9 Å². The van der Waals surface area contributed by atoms with Gasteiger partial charge in [0.15, 0.2) is 11.6 Å². The van der Waals surface area contributed by atoms with Crippen LogP contribution in [0.1, 0.15) is 29.8 Å². The zero-order chi connectivity index (χ0) is 21.3. The normalized spacial score (nSPS) is 11.3. The number of hydrogen-bond donors (Lipinski definition) is 4. The Morgan fingerprint density at radius 2 is 1.82 bits per heavy atom. The Labute approximate surface area is 160 Å². The Hall–Kier alpha value is -2.62. The molecule has 6 nitrogen and oxygen atoms in total. The van der Waals surface area contributed by atoms with Crippen LogP contribution in [0.4, 0.5) is 24.5 Å². The fourth-order valence-electron chi connectivity index (χ4n) is 2.03. The van der Waals surface area contributed by atoms with Crippen molar-refractivity contribution in [2.75, 3.05) is 18.5 Å². The van der Waals surface area contributed by atoms with Gasteiger partial charge in [0.1, 0.15) is 18.5 Å². The van der Waals surface area contributed by atoms with Gasteiger partial charge in [-0.05, 0) is 36.8 Å². The van der Waals surface area contributed by atoms with Crippen molar-refractivity contribution in [1.82, 2.24) is 5.48 Å². The molecule has 0 spiro atoms. The molecular weight excluding hydrogens is 377 g/mol. The number of aliphatic hydroxyl groups excluding tert-OH is 2. The lowest BCUT2D eigenvalue weighted by Crippen LogP contribution is -2.30.